The van der Waals surface area contributed by atoms with Crippen LogP contribution in [0.15, 0.2) is 0 Å². The molecule has 1 N–H and O–H groups in total. The Bertz CT molecular complexity index is 374. The zero-order valence-electron chi connectivity index (χ0n) is 10.8. The number of hydrogen-bond acceptors (Lipinski definition) is 7. The van der Waals surface area contributed by atoms with Gasteiger partial charge in [-0.1, -0.05) is 0 Å². The van der Waals surface area contributed by atoms with Crippen LogP contribution in [0.1, 0.15) is 12.8 Å². The first kappa shape index (κ1) is 12.8. The molecule has 7 heteroatoms. The molecule has 0 aliphatic heterocycles. The first-order valence-electron chi connectivity index (χ1n) is 5.90. The van der Waals surface area contributed by atoms with Crippen LogP contribution in [0, 0.1) is 5.92 Å². The maximum Gasteiger partial charge on any atom is 0.326 e. The first-order valence-corrected chi connectivity index (χ1v) is 5.90. The molecule has 1 heterocycles. The molecule has 0 bridgehead atoms. The molecule has 7 nitrogen and oxygen atoms in total. The Hall–Kier alpha value is -1.63. The lowest BCUT2D eigenvalue weighted by atomic mass is 9.82. The van der Waals surface area contributed by atoms with Gasteiger partial charge in [0, 0.05) is 0 Å². The molecule has 18 heavy (non-hydrogen) atoms. The molecule has 1 aliphatic rings. The number of nitrogens with zero attached hydrogens (tertiary/aromatic N) is 3. The third kappa shape index (κ3) is 2.98. The normalized spacial score (nSPS) is 22.2. The van der Waals surface area contributed by atoms with E-state index < -0.39 is 0 Å². The standard InChI is InChI=1S/C11H18N4O3/c1-12-6-7-4-8(5-7)18-11-14-9(16-2)13-10(15-11)17-3/h7-8,12H,4-6H2,1-3H3. The summed E-state index contributed by atoms with van der Waals surface area (Å²) in [6.45, 7) is 1.02. The van der Waals surface area contributed by atoms with Crippen LogP contribution in [-0.2, 0) is 0 Å². The Morgan fingerprint density at radius 3 is 2.11 bits per heavy atom. The van der Waals surface area contributed by atoms with Crippen molar-refractivity contribution < 1.29 is 14.2 Å². The second kappa shape index (κ2) is 5.81. The molecule has 1 aliphatic carbocycles. The fourth-order valence-corrected chi connectivity index (χ4v) is 1.93. The molecule has 0 aromatic carbocycles. The van der Waals surface area contributed by atoms with Gasteiger partial charge < -0.3 is 19.5 Å². The largest absolute Gasteiger partial charge is 0.467 e. The van der Waals surface area contributed by atoms with Gasteiger partial charge in [0.2, 0.25) is 0 Å². The van der Waals surface area contributed by atoms with Crippen molar-refractivity contribution in [1.29, 1.82) is 0 Å². The van der Waals surface area contributed by atoms with Gasteiger partial charge in [-0.3, -0.25) is 0 Å². The molecule has 1 aromatic heterocycles. The predicted molar refractivity (Wildman–Crippen MR) is 64.0 cm³/mol. The summed E-state index contributed by atoms with van der Waals surface area (Å²) in [4.78, 5) is 12.0. The zero-order valence-corrected chi connectivity index (χ0v) is 10.8. The van der Waals surface area contributed by atoms with E-state index in [-0.39, 0.29) is 24.1 Å². The van der Waals surface area contributed by atoms with Crippen LogP contribution >= 0.6 is 0 Å². The highest BCUT2D eigenvalue weighted by Gasteiger charge is 2.31. The number of aromatic nitrogens is 3. The predicted octanol–water partition coefficient (Wildman–Crippen LogP) is 0.266. The molecule has 1 fully saturated rings. The number of hydrogen-bond donors (Lipinski definition) is 1. The van der Waals surface area contributed by atoms with Crippen molar-refractivity contribution in [3.8, 4) is 18.0 Å². The molecule has 0 amide bonds. The van der Waals surface area contributed by atoms with Crippen molar-refractivity contribution in [2.24, 2.45) is 5.92 Å². The van der Waals surface area contributed by atoms with E-state index in [1.165, 1.54) is 14.2 Å². The smallest absolute Gasteiger partial charge is 0.326 e. The van der Waals surface area contributed by atoms with Crippen LogP contribution in [0.5, 0.6) is 18.0 Å². The van der Waals surface area contributed by atoms with Gasteiger partial charge in [-0.05, 0) is 32.4 Å². The van der Waals surface area contributed by atoms with Gasteiger partial charge in [0.25, 0.3) is 0 Å². The first-order chi connectivity index (χ1) is 8.75. The van der Waals surface area contributed by atoms with E-state index >= 15 is 0 Å². The quantitative estimate of drug-likeness (QED) is 0.780. The van der Waals surface area contributed by atoms with E-state index in [0.717, 1.165) is 19.4 Å². The Kier molecular flexibility index (Phi) is 4.14. The topological polar surface area (TPSA) is 78.4 Å². The number of ether oxygens (including phenoxy) is 3. The number of rotatable bonds is 6. The van der Waals surface area contributed by atoms with Gasteiger partial charge in [-0.25, -0.2) is 0 Å². The highest BCUT2D eigenvalue weighted by Crippen LogP contribution is 2.30. The molecule has 0 unspecified atom stereocenters. The van der Waals surface area contributed by atoms with E-state index in [1.54, 1.807) is 0 Å². The molecule has 2 rings (SSSR count). The van der Waals surface area contributed by atoms with Crippen LogP contribution < -0.4 is 19.5 Å². The van der Waals surface area contributed by atoms with E-state index in [2.05, 4.69) is 20.3 Å². The van der Waals surface area contributed by atoms with Gasteiger partial charge in [0.05, 0.1) is 14.2 Å². The lowest BCUT2D eigenvalue weighted by molar-refractivity contribution is 0.0555. The Morgan fingerprint density at radius 2 is 1.61 bits per heavy atom. The van der Waals surface area contributed by atoms with E-state index in [4.69, 9.17) is 14.2 Å². The highest BCUT2D eigenvalue weighted by atomic mass is 16.5. The van der Waals surface area contributed by atoms with Gasteiger partial charge in [-0.2, -0.15) is 0 Å². The molecular weight excluding hydrogens is 236 g/mol. The molecular formula is C11H18N4O3. The van der Waals surface area contributed by atoms with Crippen molar-refractivity contribution in [3.05, 3.63) is 0 Å². The monoisotopic (exact) mass is 254 g/mol. The Labute approximate surface area is 106 Å². The highest BCUT2D eigenvalue weighted by molar-refractivity contribution is 5.09. The molecule has 0 atom stereocenters. The summed E-state index contributed by atoms with van der Waals surface area (Å²) in [5, 5.41) is 3.15. The second-order valence-corrected chi connectivity index (χ2v) is 4.23. The van der Waals surface area contributed by atoms with E-state index in [0.29, 0.717) is 5.92 Å². The minimum Gasteiger partial charge on any atom is -0.467 e. The van der Waals surface area contributed by atoms with Crippen molar-refractivity contribution in [2.45, 2.75) is 18.9 Å². The molecule has 100 valence electrons. The summed E-state index contributed by atoms with van der Waals surface area (Å²) in [6, 6.07) is 0.650. The van der Waals surface area contributed by atoms with Gasteiger partial charge >= 0.3 is 18.0 Å². The maximum atomic E-state index is 5.66. The zero-order chi connectivity index (χ0) is 13.0. The summed E-state index contributed by atoms with van der Waals surface area (Å²) in [6.07, 6.45) is 2.19. The van der Waals surface area contributed by atoms with Gasteiger partial charge in [0.1, 0.15) is 6.10 Å². The molecule has 0 spiro atoms. The average molecular weight is 254 g/mol. The van der Waals surface area contributed by atoms with Crippen LogP contribution in [0.4, 0.5) is 0 Å². The summed E-state index contributed by atoms with van der Waals surface area (Å²) >= 11 is 0. The van der Waals surface area contributed by atoms with Crippen LogP contribution in [0.2, 0.25) is 0 Å². The number of methoxy groups -OCH3 is 2. The van der Waals surface area contributed by atoms with E-state index in [1.807, 2.05) is 7.05 Å². The Balaban J connectivity index is 1.93. The summed E-state index contributed by atoms with van der Waals surface area (Å²) in [7, 11) is 4.94. The van der Waals surface area contributed by atoms with Crippen molar-refractivity contribution in [1.82, 2.24) is 20.3 Å². The Morgan fingerprint density at radius 1 is 1.06 bits per heavy atom. The third-order valence-electron chi connectivity index (χ3n) is 2.90. The van der Waals surface area contributed by atoms with Crippen molar-refractivity contribution >= 4 is 0 Å². The maximum absolute atomic E-state index is 5.66. The summed E-state index contributed by atoms with van der Waals surface area (Å²) < 4.78 is 15.6. The lowest BCUT2D eigenvalue weighted by Gasteiger charge is -2.34. The average Bonchev–Trinajstić information content (AvgIpc) is 2.35. The van der Waals surface area contributed by atoms with Crippen LogP contribution in [0.3, 0.4) is 0 Å². The molecule has 0 saturated heterocycles. The second-order valence-electron chi connectivity index (χ2n) is 4.23. The lowest BCUT2D eigenvalue weighted by Crippen LogP contribution is -2.39. The molecule has 0 radical (unpaired) electrons. The summed E-state index contributed by atoms with van der Waals surface area (Å²) in [5.41, 5.74) is 0. The minimum absolute atomic E-state index is 0.167. The van der Waals surface area contributed by atoms with Gasteiger partial charge in [0.15, 0.2) is 0 Å². The van der Waals surface area contributed by atoms with Crippen LogP contribution in [-0.4, -0.2) is 48.9 Å². The molecule has 1 saturated carbocycles. The minimum atomic E-state index is 0.167. The fourth-order valence-electron chi connectivity index (χ4n) is 1.93. The SMILES string of the molecule is CNCC1CC(Oc2nc(OC)nc(OC)n2)C1. The van der Waals surface area contributed by atoms with Crippen LogP contribution in [0.25, 0.3) is 0 Å². The fraction of sp³-hybridized carbons (Fsp3) is 0.727. The summed E-state index contributed by atoms with van der Waals surface area (Å²) in [5.74, 6) is 0.672. The number of nitrogens with one attached hydrogen (secondary N) is 1. The van der Waals surface area contributed by atoms with Crippen molar-refractivity contribution in [2.75, 3.05) is 27.8 Å². The molecule has 1 aromatic rings. The van der Waals surface area contributed by atoms with Crippen molar-refractivity contribution in [3.63, 3.8) is 0 Å². The van der Waals surface area contributed by atoms with Gasteiger partial charge in [-0.15, -0.1) is 15.0 Å². The van der Waals surface area contributed by atoms with E-state index in [9.17, 15) is 0 Å². The third-order valence-corrected chi connectivity index (χ3v) is 2.90.